The molecule has 0 radical (unpaired) electrons. The van der Waals surface area contributed by atoms with Crippen LogP contribution in [0.4, 0.5) is 0 Å². The van der Waals surface area contributed by atoms with E-state index in [4.69, 9.17) is 9.47 Å². The van der Waals surface area contributed by atoms with Crippen LogP contribution in [-0.2, 0) is 6.54 Å². The Morgan fingerprint density at radius 1 is 1.29 bits per heavy atom. The smallest absolute Gasteiger partial charge is 0.231 e. The van der Waals surface area contributed by atoms with Gasteiger partial charge in [-0.1, -0.05) is 18.2 Å². The molecule has 2 aromatic rings. The third-order valence-electron chi connectivity index (χ3n) is 3.57. The number of para-hydroxylation sites is 1. The summed E-state index contributed by atoms with van der Waals surface area (Å²) in [6, 6.07) is 10.1. The fourth-order valence-corrected chi connectivity index (χ4v) is 3.15. The van der Waals surface area contributed by atoms with Gasteiger partial charge in [-0.2, -0.15) is 0 Å². The minimum atomic E-state index is -0.409. The fraction of sp³-hybridized carbons (Fsp3) is 0.375. The molecule has 0 saturated carbocycles. The van der Waals surface area contributed by atoms with Gasteiger partial charge in [0.15, 0.2) is 11.5 Å². The van der Waals surface area contributed by atoms with Crippen molar-refractivity contribution in [2.75, 3.05) is 6.79 Å². The molecule has 3 rings (SSSR count). The normalized spacial score (nSPS) is 15.9. The summed E-state index contributed by atoms with van der Waals surface area (Å²) >= 11 is 1.59. The zero-order valence-corrected chi connectivity index (χ0v) is 12.7. The number of benzene rings is 1. The number of rotatable bonds is 6. The third-order valence-corrected chi connectivity index (χ3v) is 4.54. The van der Waals surface area contributed by atoms with Gasteiger partial charge in [0.2, 0.25) is 6.79 Å². The maximum absolute atomic E-state index is 10.2. The van der Waals surface area contributed by atoms with Gasteiger partial charge in [-0.15, -0.1) is 11.3 Å². The Morgan fingerprint density at radius 2 is 2.19 bits per heavy atom. The van der Waals surface area contributed by atoms with Crippen LogP contribution in [0, 0.1) is 0 Å². The molecule has 2 unspecified atom stereocenters. The fourth-order valence-electron chi connectivity index (χ4n) is 2.43. The van der Waals surface area contributed by atoms with Crippen molar-refractivity contribution < 1.29 is 14.6 Å². The molecular weight excluding hydrogens is 286 g/mol. The van der Waals surface area contributed by atoms with E-state index in [9.17, 15) is 5.11 Å². The summed E-state index contributed by atoms with van der Waals surface area (Å²) in [5.41, 5.74) is 1.09. The third kappa shape index (κ3) is 3.37. The lowest BCUT2D eigenvalue weighted by Gasteiger charge is -2.17. The van der Waals surface area contributed by atoms with E-state index in [2.05, 4.69) is 12.2 Å². The van der Waals surface area contributed by atoms with Crippen LogP contribution in [0.1, 0.15) is 29.9 Å². The van der Waals surface area contributed by atoms with Crippen molar-refractivity contribution in [3.63, 3.8) is 0 Å². The molecule has 0 amide bonds. The predicted molar refractivity (Wildman–Crippen MR) is 82.8 cm³/mol. The van der Waals surface area contributed by atoms with Crippen LogP contribution >= 0.6 is 11.3 Å². The summed E-state index contributed by atoms with van der Waals surface area (Å²) in [7, 11) is 0. The van der Waals surface area contributed by atoms with Gasteiger partial charge in [0.1, 0.15) is 0 Å². The van der Waals surface area contributed by atoms with Crippen molar-refractivity contribution >= 4 is 11.3 Å². The van der Waals surface area contributed by atoms with Crippen LogP contribution in [0.5, 0.6) is 11.5 Å². The van der Waals surface area contributed by atoms with E-state index >= 15 is 0 Å². The number of aliphatic hydroxyl groups is 1. The topological polar surface area (TPSA) is 50.7 Å². The van der Waals surface area contributed by atoms with Gasteiger partial charge in [-0.25, -0.2) is 0 Å². The Balaban J connectivity index is 1.54. The van der Waals surface area contributed by atoms with Gasteiger partial charge in [-0.05, 0) is 30.9 Å². The molecule has 2 atom stereocenters. The average molecular weight is 305 g/mol. The summed E-state index contributed by atoms with van der Waals surface area (Å²) in [5.74, 6) is 1.64. The lowest BCUT2D eigenvalue weighted by atomic mass is 10.1. The predicted octanol–water partition coefficient (Wildman–Crippen LogP) is 3.08. The van der Waals surface area contributed by atoms with E-state index < -0.39 is 6.10 Å². The standard InChI is InChI=1S/C16H19NO3S/c1-11(8-13(18)15-6-3-7-21-15)17-9-12-4-2-5-14-16(12)20-10-19-14/h2-7,11,13,17-18H,8-10H2,1H3. The van der Waals surface area contributed by atoms with Gasteiger partial charge < -0.3 is 19.9 Å². The lowest BCUT2D eigenvalue weighted by molar-refractivity contribution is 0.157. The van der Waals surface area contributed by atoms with Crippen LogP contribution in [0.25, 0.3) is 0 Å². The SMILES string of the molecule is CC(CC(O)c1cccs1)NCc1cccc2c1OCO2. The first-order chi connectivity index (χ1) is 10.2. The number of nitrogens with one attached hydrogen (secondary N) is 1. The highest BCUT2D eigenvalue weighted by molar-refractivity contribution is 7.10. The van der Waals surface area contributed by atoms with E-state index in [0.29, 0.717) is 19.8 Å². The summed E-state index contributed by atoms with van der Waals surface area (Å²) in [5, 5.41) is 15.6. The number of hydrogen-bond donors (Lipinski definition) is 2. The Morgan fingerprint density at radius 3 is 3.00 bits per heavy atom. The van der Waals surface area contributed by atoms with Crippen molar-refractivity contribution in [3.05, 3.63) is 46.2 Å². The first-order valence-electron chi connectivity index (χ1n) is 7.06. The van der Waals surface area contributed by atoms with Gasteiger partial charge in [-0.3, -0.25) is 0 Å². The summed E-state index contributed by atoms with van der Waals surface area (Å²) < 4.78 is 10.9. The summed E-state index contributed by atoms with van der Waals surface area (Å²) in [4.78, 5) is 1.01. The largest absolute Gasteiger partial charge is 0.454 e. The molecule has 4 nitrogen and oxygen atoms in total. The molecule has 1 aromatic heterocycles. The maximum atomic E-state index is 10.2. The average Bonchev–Trinajstić information content (AvgIpc) is 3.15. The van der Waals surface area contributed by atoms with E-state index in [1.54, 1.807) is 11.3 Å². The van der Waals surface area contributed by atoms with Crippen molar-refractivity contribution in [2.45, 2.75) is 32.0 Å². The summed E-state index contributed by atoms with van der Waals surface area (Å²) in [6.45, 7) is 3.07. The van der Waals surface area contributed by atoms with Gasteiger partial charge in [0, 0.05) is 23.0 Å². The van der Waals surface area contributed by atoms with E-state index in [1.807, 2.05) is 35.7 Å². The molecule has 0 spiro atoms. The number of fused-ring (bicyclic) bond motifs is 1. The zero-order valence-electron chi connectivity index (χ0n) is 11.9. The molecule has 2 heterocycles. The molecule has 0 bridgehead atoms. The van der Waals surface area contributed by atoms with Crippen LogP contribution in [-0.4, -0.2) is 17.9 Å². The van der Waals surface area contributed by atoms with Crippen LogP contribution in [0.15, 0.2) is 35.7 Å². The zero-order chi connectivity index (χ0) is 14.7. The van der Waals surface area contributed by atoms with E-state index in [0.717, 1.165) is 21.9 Å². The van der Waals surface area contributed by atoms with Crippen molar-refractivity contribution in [2.24, 2.45) is 0 Å². The Hall–Kier alpha value is -1.56. The lowest BCUT2D eigenvalue weighted by Crippen LogP contribution is -2.27. The van der Waals surface area contributed by atoms with Crippen LogP contribution in [0.2, 0.25) is 0 Å². The second kappa shape index (κ2) is 6.47. The first kappa shape index (κ1) is 14.4. The molecule has 1 aliphatic heterocycles. The molecule has 1 aromatic carbocycles. The number of thiophene rings is 1. The highest BCUT2D eigenvalue weighted by Crippen LogP contribution is 2.35. The quantitative estimate of drug-likeness (QED) is 0.861. The van der Waals surface area contributed by atoms with Gasteiger partial charge in [0.05, 0.1) is 6.10 Å². The summed E-state index contributed by atoms with van der Waals surface area (Å²) in [6.07, 6.45) is 0.279. The Kier molecular flexibility index (Phi) is 4.43. The molecule has 0 saturated heterocycles. The second-order valence-corrected chi connectivity index (χ2v) is 6.18. The van der Waals surface area contributed by atoms with Crippen LogP contribution < -0.4 is 14.8 Å². The second-order valence-electron chi connectivity index (χ2n) is 5.20. The molecule has 5 heteroatoms. The molecule has 112 valence electrons. The molecule has 0 aliphatic carbocycles. The van der Waals surface area contributed by atoms with E-state index in [-0.39, 0.29) is 6.04 Å². The highest BCUT2D eigenvalue weighted by Gasteiger charge is 2.18. The Labute approximate surface area is 128 Å². The van der Waals surface area contributed by atoms with Crippen molar-refractivity contribution in [1.29, 1.82) is 0 Å². The van der Waals surface area contributed by atoms with Crippen molar-refractivity contribution in [3.8, 4) is 11.5 Å². The number of hydrogen-bond acceptors (Lipinski definition) is 5. The van der Waals surface area contributed by atoms with Gasteiger partial charge in [0.25, 0.3) is 0 Å². The number of aliphatic hydroxyl groups excluding tert-OH is 1. The molecule has 21 heavy (non-hydrogen) atoms. The highest BCUT2D eigenvalue weighted by atomic mass is 32.1. The van der Waals surface area contributed by atoms with Crippen LogP contribution in [0.3, 0.4) is 0 Å². The Bertz CT molecular complexity index is 585. The monoisotopic (exact) mass is 305 g/mol. The molecule has 0 fully saturated rings. The maximum Gasteiger partial charge on any atom is 0.231 e. The minimum Gasteiger partial charge on any atom is -0.454 e. The molecular formula is C16H19NO3S. The van der Waals surface area contributed by atoms with E-state index in [1.165, 1.54) is 0 Å². The minimum absolute atomic E-state index is 0.209. The molecule has 1 aliphatic rings. The number of ether oxygens (including phenoxy) is 2. The van der Waals surface area contributed by atoms with Gasteiger partial charge >= 0.3 is 0 Å². The molecule has 2 N–H and O–H groups in total. The van der Waals surface area contributed by atoms with Crippen molar-refractivity contribution in [1.82, 2.24) is 5.32 Å². The first-order valence-corrected chi connectivity index (χ1v) is 7.94.